The molecule has 0 atom stereocenters. The van der Waals surface area contributed by atoms with Crippen LogP contribution in [-0.4, -0.2) is 11.5 Å². The van der Waals surface area contributed by atoms with Crippen molar-refractivity contribution in [3.05, 3.63) is 38.3 Å². The van der Waals surface area contributed by atoms with E-state index in [1.165, 1.54) is 6.07 Å². The molecule has 4 nitrogen and oxygen atoms in total. The molecule has 5 heteroatoms. The van der Waals surface area contributed by atoms with Gasteiger partial charge in [-0.15, -0.1) is 12.3 Å². The van der Waals surface area contributed by atoms with Gasteiger partial charge in [-0.25, -0.2) is 0 Å². The predicted molar refractivity (Wildman–Crippen MR) is 75.2 cm³/mol. The number of nitrogens with zero attached hydrogens (tertiary/aromatic N) is 1. The summed E-state index contributed by atoms with van der Waals surface area (Å²) in [6, 6.07) is 5.09. The molecule has 1 rings (SSSR count). The van der Waals surface area contributed by atoms with Gasteiger partial charge in [-0.2, -0.15) is 0 Å². The van der Waals surface area contributed by atoms with Gasteiger partial charge in [0.15, 0.2) is 0 Å². The summed E-state index contributed by atoms with van der Waals surface area (Å²) in [5.41, 5.74) is 0.834. The summed E-state index contributed by atoms with van der Waals surface area (Å²) in [7, 11) is 0. The fraction of sp³-hybridized carbons (Fsp3) is 0.385. The largest absolute Gasteiger partial charge is 0.312 e. The lowest BCUT2D eigenvalue weighted by molar-refractivity contribution is -0.385. The lowest BCUT2D eigenvalue weighted by Crippen LogP contribution is -2.15. The van der Waals surface area contributed by atoms with E-state index in [1.54, 1.807) is 6.07 Å². The number of hydrogen-bond donors (Lipinski definition) is 1. The number of hydrogen-bond acceptors (Lipinski definition) is 3. The first kappa shape index (κ1) is 14.7. The molecule has 0 aliphatic carbocycles. The minimum Gasteiger partial charge on any atom is -0.312 e. The maximum atomic E-state index is 10.9. The van der Waals surface area contributed by atoms with Gasteiger partial charge in [-0.05, 0) is 31.5 Å². The third-order valence-electron chi connectivity index (χ3n) is 2.48. The van der Waals surface area contributed by atoms with E-state index in [-0.39, 0.29) is 10.6 Å². The molecule has 0 fully saturated rings. The van der Waals surface area contributed by atoms with E-state index in [0.29, 0.717) is 16.6 Å². The van der Waals surface area contributed by atoms with Crippen molar-refractivity contribution in [2.75, 3.05) is 6.54 Å². The second kappa shape index (κ2) is 7.85. The number of rotatable bonds is 7. The van der Waals surface area contributed by atoms with Crippen LogP contribution in [0.15, 0.2) is 22.7 Å². The number of nitro benzene ring substituents is 1. The van der Waals surface area contributed by atoms with Crippen LogP contribution in [0.1, 0.15) is 24.8 Å². The second-order valence-electron chi connectivity index (χ2n) is 3.87. The van der Waals surface area contributed by atoms with E-state index in [9.17, 15) is 10.1 Å². The molecule has 18 heavy (non-hydrogen) atoms. The van der Waals surface area contributed by atoms with Crippen LogP contribution in [0, 0.1) is 22.5 Å². The minimum absolute atomic E-state index is 0.139. The van der Waals surface area contributed by atoms with Crippen molar-refractivity contribution in [3.8, 4) is 12.3 Å². The van der Waals surface area contributed by atoms with Crippen LogP contribution in [0.2, 0.25) is 0 Å². The number of halogens is 1. The van der Waals surface area contributed by atoms with E-state index >= 15 is 0 Å². The van der Waals surface area contributed by atoms with Crippen LogP contribution >= 0.6 is 15.9 Å². The quantitative estimate of drug-likeness (QED) is 0.364. The summed E-state index contributed by atoms with van der Waals surface area (Å²) in [5.74, 6) is 2.58. The molecule has 0 spiro atoms. The molecule has 0 radical (unpaired) electrons. The van der Waals surface area contributed by atoms with Crippen molar-refractivity contribution < 1.29 is 4.92 Å². The predicted octanol–water partition coefficient (Wildman–Crippen LogP) is 3.25. The highest BCUT2D eigenvalue weighted by atomic mass is 79.9. The van der Waals surface area contributed by atoms with Gasteiger partial charge >= 0.3 is 0 Å². The van der Waals surface area contributed by atoms with Crippen LogP contribution in [0.3, 0.4) is 0 Å². The van der Waals surface area contributed by atoms with Crippen LogP contribution in [-0.2, 0) is 6.54 Å². The number of benzene rings is 1. The molecule has 0 saturated carbocycles. The highest BCUT2D eigenvalue weighted by Gasteiger charge is 2.13. The van der Waals surface area contributed by atoms with Gasteiger partial charge in [0.2, 0.25) is 0 Å². The standard InChI is InChI=1S/C13H15BrN2O2/c1-2-3-4-5-8-15-10-11-6-7-12(14)9-13(11)16(17)18/h1,6-7,9,15H,3-5,8,10H2. The Kier molecular flexibility index (Phi) is 6.40. The number of unbranched alkanes of at least 4 members (excludes halogenated alkanes) is 2. The first-order valence-electron chi connectivity index (χ1n) is 5.72. The third-order valence-corrected chi connectivity index (χ3v) is 2.98. The monoisotopic (exact) mass is 310 g/mol. The smallest absolute Gasteiger partial charge is 0.275 e. The first-order valence-corrected chi connectivity index (χ1v) is 6.51. The topological polar surface area (TPSA) is 55.2 Å². The molecule has 0 bridgehead atoms. The Bertz CT molecular complexity index is 455. The zero-order valence-electron chi connectivity index (χ0n) is 9.99. The SMILES string of the molecule is C#CCCCCNCc1ccc(Br)cc1[N+](=O)[O-]. The fourth-order valence-corrected chi connectivity index (χ4v) is 1.91. The maximum Gasteiger partial charge on any atom is 0.275 e. The summed E-state index contributed by atoms with van der Waals surface area (Å²) >= 11 is 3.23. The minimum atomic E-state index is -0.361. The number of terminal acetylenes is 1. The molecule has 1 aromatic rings. The average molecular weight is 311 g/mol. The normalized spacial score (nSPS) is 10.0. The Morgan fingerprint density at radius 2 is 2.22 bits per heavy atom. The van der Waals surface area contributed by atoms with Gasteiger partial charge < -0.3 is 5.32 Å². The molecule has 0 amide bonds. The molecule has 0 unspecified atom stereocenters. The van der Waals surface area contributed by atoms with Crippen molar-refractivity contribution in [2.24, 2.45) is 0 Å². The Balaban J connectivity index is 2.47. The summed E-state index contributed by atoms with van der Waals surface area (Å²) in [4.78, 5) is 10.5. The van der Waals surface area contributed by atoms with Crippen LogP contribution in [0.5, 0.6) is 0 Å². The molecule has 0 saturated heterocycles. The van der Waals surface area contributed by atoms with E-state index in [2.05, 4.69) is 27.2 Å². The number of nitro groups is 1. The van der Waals surface area contributed by atoms with Gasteiger partial charge in [0.25, 0.3) is 5.69 Å². The first-order chi connectivity index (χ1) is 8.65. The van der Waals surface area contributed by atoms with E-state index < -0.39 is 0 Å². The third kappa shape index (κ3) is 4.86. The van der Waals surface area contributed by atoms with Gasteiger partial charge in [0.1, 0.15) is 0 Å². The van der Waals surface area contributed by atoms with Crippen molar-refractivity contribution in [2.45, 2.75) is 25.8 Å². The average Bonchev–Trinajstić information content (AvgIpc) is 2.35. The summed E-state index contributed by atoms with van der Waals surface area (Å²) in [6.07, 6.45) is 7.89. The Morgan fingerprint density at radius 3 is 2.89 bits per heavy atom. The van der Waals surface area contributed by atoms with Crippen molar-refractivity contribution in [1.29, 1.82) is 0 Å². The van der Waals surface area contributed by atoms with Gasteiger partial charge in [-0.1, -0.05) is 15.9 Å². The zero-order valence-corrected chi connectivity index (χ0v) is 11.6. The second-order valence-corrected chi connectivity index (χ2v) is 4.78. The summed E-state index contributed by atoms with van der Waals surface area (Å²) in [6.45, 7) is 1.31. The van der Waals surface area contributed by atoms with Crippen LogP contribution < -0.4 is 5.32 Å². The van der Waals surface area contributed by atoms with Gasteiger partial charge in [-0.3, -0.25) is 10.1 Å². The molecule has 1 N–H and O–H groups in total. The molecule has 0 aliphatic rings. The Morgan fingerprint density at radius 1 is 1.44 bits per heavy atom. The van der Waals surface area contributed by atoms with E-state index in [4.69, 9.17) is 6.42 Å². The van der Waals surface area contributed by atoms with Gasteiger partial charge in [0.05, 0.1) is 4.92 Å². The van der Waals surface area contributed by atoms with Crippen molar-refractivity contribution in [3.63, 3.8) is 0 Å². The number of nitrogens with one attached hydrogen (secondary N) is 1. The maximum absolute atomic E-state index is 10.9. The van der Waals surface area contributed by atoms with Gasteiger partial charge in [0, 0.05) is 29.1 Å². The lowest BCUT2D eigenvalue weighted by atomic mass is 10.1. The molecule has 96 valence electrons. The van der Waals surface area contributed by atoms with E-state index in [1.807, 2.05) is 6.07 Å². The molecule has 0 aliphatic heterocycles. The fourth-order valence-electron chi connectivity index (χ4n) is 1.56. The lowest BCUT2D eigenvalue weighted by Gasteiger charge is -2.05. The molecular formula is C13H15BrN2O2. The van der Waals surface area contributed by atoms with E-state index in [0.717, 1.165) is 25.8 Å². The molecule has 0 aromatic heterocycles. The molecule has 0 heterocycles. The molecular weight excluding hydrogens is 296 g/mol. The summed E-state index contributed by atoms with van der Waals surface area (Å²) in [5, 5.41) is 14.1. The summed E-state index contributed by atoms with van der Waals surface area (Å²) < 4.78 is 0.715. The zero-order chi connectivity index (χ0) is 13.4. The Hall–Kier alpha value is -1.38. The molecule has 1 aromatic carbocycles. The van der Waals surface area contributed by atoms with Crippen LogP contribution in [0.25, 0.3) is 0 Å². The highest BCUT2D eigenvalue weighted by Crippen LogP contribution is 2.23. The van der Waals surface area contributed by atoms with Crippen molar-refractivity contribution >= 4 is 21.6 Å². The van der Waals surface area contributed by atoms with Crippen molar-refractivity contribution in [1.82, 2.24) is 5.32 Å². The Labute approximate surface area is 115 Å². The van der Waals surface area contributed by atoms with Crippen LogP contribution in [0.4, 0.5) is 5.69 Å². The highest BCUT2D eigenvalue weighted by molar-refractivity contribution is 9.10.